The largest absolute Gasteiger partial charge is 0.493 e. The van der Waals surface area contributed by atoms with Gasteiger partial charge in [0, 0.05) is 17.1 Å². The molecule has 4 nitrogen and oxygen atoms in total. The number of pyridine rings is 1. The van der Waals surface area contributed by atoms with Crippen LogP contribution < -0.4 is 4.74 Å². The Balaban J connectivity index is 2.16. The predicted octanol–water partition coefficient (Wildman–Crippen LogP) is 5.65. The second-order valence-electron chi connectivity index (χ2n) is 7.03. The van der Waals surface area contributed by atoms with Crippen LogP contribution in [-0.4, -0.2) is 28.5 Å². The molecule has 1 aromatic heterocycles. The molecule has 0 fully saturated rings. The standard InChI is InChI=1S/C21H26BrNO3/c1-21(2,3)26-20(24)16-11-13-23-18(15-16)17-9-5-6-10-19(17)25-14-8-4-7-12-22/h5-6,9-11,13,15H,4,7-8,12,14H2,1-3H3. The van der Waals surface area contributed by atoms with Crippen LogP contribution in [0.5, 0.6) is 5.75 Å². The van der Waals surface area contributed by atoms with Crippen molar-refractivity contribution in [3.05, 3.63) is 48.2 Å². The minimum Gasteiger partial charge on any atom is -0.493 e. The maximum Gasteiger partial charge on any atom is 0.338 e. The highest BCUT2D eigenvalue weighted by atomic mass is 79.9. The number of carbonyl (C=O) groups excluding carboxylic acids is 1. The lowest BCUT2D eigenvalue weighted by Gasteiger charge is -2.19. The van der Waals surface area contributed by atoms with Gasteiger partial charge in [0.05, 0.1) is 17.9 Å². The highest BCUT2D eigenvalue weighted by molar-refractivity contribution is 9.09. The van der Waals surface area contributed by atoms with Crippen LogP contribution in [-0.2, 0) is 4.74 Å². The van der Waals surface area contributed by atoms with Crippen molar-refractivity contribution in [2.75, 3.05) is 11.9 Å². The minimum absolute atomic E-state index is 0.352. The van der Waals surface area contributed by atoms with E-state index in [-0.39, 0.29) is 5.97 Å². The summed E-state index contributed by atoms with van der Waals surface area (Å²) in [4.78, 5) is 16.7. The molecule has 26 heavy (non-hydrogen) atoms. The van der Waals surface area contributed by atoms with Gasteiger partial charge in [-0.25, -0.2) is 4.79 Å². The van der Waals surface area contributed by atoms with Gasteiger partial charge < -0.3 is 9.47 Å². The Hall–Kier alpha value is -1.88. The molecule has 0 unspecified atom stereocenters. The molecule has 2 rings (SSSR count). The van der Waals surface area contributed by atoms with Gasteiger partial charge in [-0.1, -0.05) is 28.1 Å². The lowest BCUT2D eigenvalue weighted by molar-refractivity contribution is 0.00694. The maximum absolute atomic E-state index is 12.3. The predicted molar refractivity (Wildman–Crippen MR) is 108 cm³/mol. The molecule has 0 aliphatic heterocycles. The fourth-order valence-electron chi connectivity index (χ4n) is 2.40. The van der Waals surface area contributed by atoms with Crippen molar-refractivity contribution in [3.63, 3.8) is 0 Å². The quantitative estimate of drug-likeness (QED) is 0.315. The van der Waals surface area contributed by atoms with Crippen LogP contribution in [0.25, 0.3) is 11.3 Å². The van der Waals surface area contributed by atoms with Crippen molar-refractivity contribution in [2.45, 2.75) is 45.6 Å². The second kappa shape index (κ2) is 9.72. The van der Waals surface area contributed by atoms with E-state index < -0.39 is 5.60 Å². The number of aromatic nitrogens is 1. The van der Waals surface area contributed by atoms with E-state index in [1.165, 1.54) is 0 Å². The fraction of sp³-hybridized carbons (Fsp3) is 0.429. The monoisotopic (exact) mass is 419 g/mol. The SMILES string of the molecule is CC(C)(C)OC(=O)c1ccnc(-c2ccccc2OCCCCCBr)c1. The molecule has 0 saturated carbocycles. The van der Waals surface area contributed by atoms with Crippen LogP contribution in [0.2, 0.25) is 0 Å². The topological polar surface area (TPSA) is 48.4 Å². The lowest BCUT2D eigenvalue weighted by Crippen LogP contribution is -2.23. The zero-order valence-electron chi connectivity index (χ0n) is 15.6. The number of para-hydroxylation sites is 1. The third-order valence-electron chi connectivity index (χ3n) is 3.59. The molecule has 140 valence electrons. The molecule has 1 heterocycles. The molecular weight excluding hydrogens is 394 g/mol. The number of alkyl halides is 1. The number of halogens is 1. The van der Waals surface area contributed by atoms with Crippen molar-refractivity contribution >= 4 is 21.9 Å². The van der Waals surface area contributed by atoms with E-state index in [1.807, 2.05) is 45.0 Å². The summed E-state index contributed by atoms with van der Waals surface area (Å²) in [6.45, 7) is 6.22. The first kappa shape index (κ1) is 20.4. The number of hydrogen-bond acceptors (Lipinski definition) is 4. The van der Waals surface area contributed by atoms with Gasteiger partial charge in [0.2, 0.25) is 0 Å². The number of unbranched alkanes of at least 4 members (excludes halogenated alkanes) is 2. The summed E-state index contributed by atoms with van der Waals surface area (Å²) in [6.07, 6.45) is 4.90. The average Bonchev–Trinajstić information content (AvgIpc) is 2.60. The fourth-order valence-corrected chi connectivity index (χ4v) is 2.80. The third kappa shape index (κ3) is 6.45. The van der Waals surface area contributed by atoms with Crippen molar-refractivity contribution in [3.8, 4) is 17.0 Å². The molecule has 0 aliphatic carbocycles. The van der Waals surface area contributed by atoms with E-state index in [2.05, 4.69) is 20.9 Å². The lowest BCUT2D eigenvalue weighted by atomic mass is 10.1. The van der Waals surface area contributed by atoms with Crippen LogP contribution in [0.3, 0.4) is 0 Å². The van der Waals surface area contributed by atoms with E-state index in [1.54, 1.807) is 18.3 Å². The third-order valence-corrected chi connectivity index (χ3v) is 4.15. The summed E-state index contributed by atoms with van der Waals surface area (Å²) in [6, 6.07) is 11.2. The first-order chi connectivity index (χ1) is 12.4. The van der Waals surface area contributed by atoms with Gasteiger partial charge in [0.15, 0.2) is 0 Å². The molecule has 0 bridgehead atoms. The number of ether oxygens (including phenoxy) is 2. The Kier molecular flexibility index (Phi) is 7.64. The molecule has 0 N–H and O–H groups in total. The molecule has 5 heteroatoms. The number of esters is 1. The van der Waals surface area contributed by atoms with Gasteiger partial charge in [-0.3, -0.25) is 4.98 Å². The highest BCUT2D eigenvalue weighted by Crippen LogP contribution is 2.29. The summed E-state index contributed by atoms with van der Waals surface area (Å²) in [7, 11) is 0. The summed E-state index contributed by atoms with van der Waals surface area (Å²) < 4.78 is 11.4. The van der Waals surface area contributed by atoms with E-state index in [0.717, 1.165) is 35.9 Å². The average molecular weight is 420 g/mol. The molecular formula is C21H26BrNO3. The molecule has 0 radical (unpaired) electrons. The first-order valence-electron chi connectivity index (χ1n) is 8.88. The molecule has 0 spiro atoms. The summed E-state index contributed by atoms with van der Waals surface area (Å²) >= 11 is 3.44. The number of nitrogens with zero attached hydrogens (tertiary/aromatic N) is 1. The van der Waals surface area contributed by atoms with Gasteiger partial charge in [-0.15, -0.1) is 0 Å². The van der Waals surface area contributed by atoms with Crippen LogP contribution in [0, 0.1) is 0 Å². The van der Waals surface area contributed by atoms with Gasteiger partial charge in [0.1, 0.15) is 11.4 Å². The van der Waals surface area contributed by atoms with E-state index >= 15 is 0 Å². The van der Waals surface area contributed by atoms with Crippen LogP contribution in [0.15, 0.2) is 42.6 Å². The van der Waals surface area contributed by atoms with E-state index in [4.69, 9.17) is 9.47 Å². The van der Waals surface area contributed by atoms with Crippen molar-refractivity contribution < 1.29 is 14.3 Å². The summed E-state index contributed by atoms with van der Waals surface area (Å²) in [5.74, 6) is 0.425. The van der Waals surface area contributed by atoms with Crippen molar-refractivity contribution in [1.29, 1.82) is 0 Å². The molecule has 0 amide bonds. The van der Waals surface area contributed by atoms with Gasteiger partial charge >= 0.3 is 5.97 Å². The second-order valence-corrected chi connectivity index (χ2v) is 7.82. The first-order valence-corrected chi connectivity index (χ1v) is 10.0. The Bertz CT molecular complexity index is 725. The normalized spacial score (nSPS) is 11.2. The Morgan fingerprint density at radius 1 is 1.12 bits per heavy atom. The maximum atomic E-state index is 12.3. The number of benzene rings is 1. The van der Waals surface area contributed by atoms with Crippen molar-refractivity contribution in [1.82, 2.24) is 4.98 Å². The van der Waals surface area contributed by atoms with Gasteiger partial charge in [-0.05, 0) is 64.3 Å². The van der Waals surface area contributed by atoms with Crippen LogP contribution in [0.1, 0.15) is 50.4 Å². The summed E-state index contributed by atoms with van der Waals surface area (Å²) in [5, 5.41) is 1.02. The van der Waals surface area contributed by atoms with Gasteiger partial charge in [-0.2, -0.15) is 0 Å². The molecule has 1 aromatic carbocycles. The molecule has 0 aliphatic rings. The van der Waals surface area contributed by atoms with Crippen LogP contribution >= 0.6 is 15.9 Å². The number of hydrogen-bond donors (Lipinski definition) is 0. The zero-order valence-corrected chi connectivity index (χ0v) is 17.2. The van der Waals surface area contributed by atoms with Gasteiger partial charge in [0.25, 0.3) is 0 Å². The molecule has 2 aromatic rings. The van der Waals surface area contributed by atoms with E-state index in [0.29, 0.717) is 17.9 Å². The zero-order chi connectivity index (χ0) is 19.0. The summed E-state index contributed by atoms with van der Waals surface area (Å²) in [5.41, 5.74) is 1.52. The number of carbonyl (C=O) groups is 1. The Morgan fingerprint density at radius 3 is 2.62 bits per heavy atom. The molecule has 0 saturated heterocycles. The Labute approximate surface area is 164 Å². The van der Waals surface area contributed by atoms with E-state index in [9.17, 15) is 4.79 Å². The highest BCUT2D eigenvalue weighted by Gasteiger charge is 2.19. The van der Waals surface area contributed by atoms with Crippen molar-refractivity contribution in [2.24, 2.45) is 0 Å². The van der Waals surface area contributed by atoms with Crippen LogP contribution in [0.4, 0.5) is 0 Å². The Morgan fingerprint density at radius 2 is 1.88 bits per heavy atom. The number of rotatable bonds is 8. The smallest absolute Gasteiger partial charge is 0.338 e. The molecule has 0 atom stereocenters. The minimum atomic E-state index is -0.531.